The van der Waals surface area contributed by atoms with Crippen LogP contribution < -0.4 is 33.2 Å². The number of aliphatic imine (C=N–C) groups is 1. The standard InChI is InChI=1S/C23H35N7O8/c1-12(24)19(34)28-15(3-2-10-27-23(25)26)20(35)29-16(8-9-18(32)33)21(36)30-17(22(37)38)11-13-4-6-14(31)7-5-13/h4-7,12,15-17,31H,2-3,8-11,24H2,1H3,(H,28,34)(H,29,35)(H,30,36)(H,32,33)(H,37,38)(H4,25,26,27). The third kappa shape index (κ3) is 12.0. The first-order chi connectivity index (χ1) is 17.8. The number of carbonyl (C=O) groups is 5. The summed E-state index contributed by atoms with van der Waals surface area (Å²) in [6.07, 6.45) is -0.656. The van der Waals surface area contributed by atoms with Crippen LogP contribution in [0.3, 0.4) is 0 Å². The van der Waals surface area contributed by atoms with Crippen LogP contribution >= 0.6 is 0 Å². The van der Waals surface area contributed by atoms with Crippen LogP contribution in [0.25, 0.3) is 0 Å². The van der Waals surface area contributed by atoms with E-state index in [9.17, 15) is 34.2 Å². The van der Waals surface area contributed by atoms with Gasteiger partial charge in [0.25, 0.3) is 0 Å². The van der Waals surface area contributed by atoms with Crippen molar-refractivity contribution in [1.82, 2.24) is 16.0 Å². The molecule has 0 radical (unpaired) electrons. The van der Waals surface area contributed by atoms with Gasteiger partial charge in [0.15, 0.2) is 5.96 Å². The number of phenolic OH excluding ortho intramolecular Hbond substituents is 1. The zero-order valence-corrected chi connectivity index (χ0v) is 20.9. The van der Waals surface area contributed by atoms with Crippen molar-refractivity contribution in [1.29, 1.82) is 0 Å². The first kappa shape index (κ1) is 31.6. The molecule has 1 aromatic carbocycles. The third-order valence-electron chi connectivity index (χ3n) is 5.26. The minimum Gasteiger partial charge on any atom is -0.508 e. The third-order valence-corrected chi connectivity index (χ3v) is 5.26. The monoisotopic (exact) mass is 537 g/mol. The molecule has 0 fully saturated rings. The van der Waals surface area contributed by atoms with Crippen molar-refractivity contribution >= 4 is 35.6 Å². The fraction of sp³-hybridized carbons (Fsp3) is 0.478. The number of amides is 3. The van der Waals surface area contributed by atoms with Gasteiger partial charge in [0.2, 0.25) is 17.7 Å². The van der Waals surface area contributed by atoms with Crippen molar-refractivity contribution in [3.63, 3.8) is 0 Å². The van der Waals surface area contributed by atoms with Crippen molar-refractivity contribution in [3.05, 3.63) is 29.8 Å². The Balaban J connectivity index is 3.04. The van der Waals surface area contributed by atoms with Gasteiger partial charge >= 0.3 is 11.9 Å². The fourth-order valence-electron chi connectivity index (χ4n) is 3.22. The van der Waals surface area contributed by atoms with Gasteiger partial charge in [-0.15, -0.1) is 0 Å². The largest absolute Gasteiger partial charge is 0.508 e. The van der Waals surface area contributed by atoms with Crippen molar-refractivity contribution in [2.75, 3.05) is 6.54 Å². The zero-order chi connectivity index (χ0) is 28.8. The molecule has 12 N–H and O–H groups in total. The summed E-state index contributed by atoms with van der Waals surface area (Å²) in [4.78, 5) is 64.8. The number of carbonyl (C=O) groups excluding carboxylic acids is 3. The second-order valence-corrected chi connectivity index (χ2v) is 8.56. The molecule has 0 bridgehead atoms. The number of guanidine groups is 1. The van der Waals surface area contributed by atoms with Crippen LogP contribution in [0.15, 0.2) is 29.3 Å². The van der Waals surface area contributed by atoms with Crippen LogP contribution in [0.2, 0.25) is 0 Å². The van der Waals surface area contributed by atoms with E-state index in [0.717, 1.165) is 0 Å². The van der Waals surface area contributed by atoms with Crippen LogP contribution in [0, 0.1) is 0 Å². The van der Waals surface area contributed by atoms with Gasteiger partial charge in [-0.3, -0.25) is 24.2 Å². The van der Waals surface area contributed by atoms with Gasteiger partial charge in [-0.1, -0.05) is 12.1 Å². The second kappa shape index (κ2) is 15.7. The van der Waals surface area contributed by atoms with Crippen LogP contribution in [-0.2, 0) is 30.4 Å². The van der Waals surface area contributed by atoms with Crippen molar-refractivity contribution in [2.24, 2.45) is 22.2 Å². The summed E-state index contributed by atoms with van der Waals surface area (Å²) in [6, 6.07) is 0.744. The summed E-state index contributed by atoms with van der Waals surface area (Å²) in [7, 11) is 0. The van der Waals surface area contributed by atoms with Crippen LogP contribution in [0.1, 0.15) is 38.2 Å². The lowest BCUT2D eigenvalue weighted by Crippen LogP contribution is -2.57. The van der Waals surface area contributed by atoms with E-state index in [2.05, 4.69) is 20.9 Å². The molecule has 0 saturated carbocycles. The minimum absolute atomic E-state index is 0.0231. The van der Waals surface area contributed by atoms with E-state index in [1.54, 1.807) is 0 Å². The average Bonchev–Trinajstić information content (AvgIpc) is 2.83. The van der Waals surface area contributed by atoms with E-state index in [1.165, 1.54) is 31.2 Å². The minimum atomic E-state index is -1.42. The molecule has 15 heteroatoms. The van der Waals surface area contributed by atoms with Gasteiger partial charge in [0.05, 0.1) is 6.04 Å². The summed E-state index contributed by atoms with van der Waals surface area (Å²) in [5.41, 5.74) is 16.6. The van der Waals surface area contributed by atoms with Gasteiger partial charge in [0.1, 0.15) is 23.9 Å². The molecule has 0 spiro atoms. The zero-order valence-electron chi connectivity index (χ0n) is 20.9. The SMILES string of the molecule is CC(N)C(=O)NC(CCCN=C(N)N)C(=O)NC(CCC(=O)O)C(=O)NC(Cc1ccc(O)cc1)C(=O)O. The Morgan fingerprint density at radius 1 is 0.868 bits per heavy atom. The quantitative estimate of drug-likeness (QED) is 0.0616. The van der Waals surface area contributed by atoms with Gasteiger partial charge in [-0.05, 0) is 43.9 Å². The number of hydrogen-bond acceptors (Lipinski definition) is 8. The molecule has 0 aliphatic carbocycles. The highest BCUT2D eigenvalue weighted by molar-refractivity contribution is 5.94. The Morgan fingerprint density at radius 3 is 1.89 bits per heavy atom. The average molecular weight is 538 g/mol. The first-order valence-electron chi connectivity index (χ1n) is 11.7. The fourth-order valence-corrected chi connectivity index (χ4v) is 3.22. The second-order valence-electron chi connectivity index (χ2n) is 8.56. The number of aliphatic carboxylic acids is 2. The van der Waals surface area contributed by atoms with Gasteiger partial charge in [-0.2, -0.15) is 0 Å². The molecule has 0 heterocycles. The van der Waals surface area contributed by atoms with E-state index < -0.39 is 60.2 Å². The molecule has 38 heavy (non-hydrogen) atoms. The number of nitrogens with zero attached hydrogens (tertiary/aromatic N) is 1. The lowest BCUT2D eigenvalue weighted by Gasteiger charge is -2.25. The highest BCUT2D eigenvalue weighted by atomic mass is 16.4. The molecule has 1 aromatic rings. The maximum Gasteiger partial charge on any atom is 0.326 e. The number of rotatable bonds is 16. The number of nitrogens with two attached hydrogens (primary N) is 3. The molecular formula is C23H35N7O8. The highest BCUT2D eigenvalue weighted by Gasteiger charge is 2.30. The normalized spacial score (nSPS) is 13.7. The Hall–Kier alpha value is -4.40. The number of hydrogen-bond donors (Lipinski definition) is 9. The molecule has 4 atom stereocenters. The van der Waals surface area contributed by atoms with Gasteiger partial charge in [0, 0.05) is 19.4 Å². The predicted octanol–water partition coefficient (Wildman–Crippen LogP) is -2.26. The highest BCUT2D eigenvalue weighted by Crippen LogP contribution is 2.12. The van der Waals surface area contributed by atoms with E-state index in [0.29, 0.717) is 5.56 Å². The van der Waals surface area contributed by atoms with Crippen LogP contribution in [0.5, 0.6) is 5.75 Å². The molecule has 0 saturated heterocycles. The first-order valence-corrected chi connectivity index (χ1v) is 11.7. The van der Waals surface area contributed by atoms with Gasteiger partial charge in [-0.25, -0.2) is 4.79 Å². The molecule has 1 rings (SSSR count). The van der Waals surface area contributed by atoms with Crippen LogP contribution in [0.4, 0.5) is 0 Å². The van der Waals surface area contributed by atoms with E-state index in [1.807, 2.05) is 0 Å². The lowest BCUT2D eigenvalue weighted by atomic mass is 10.0. The Kier molecular flexibility index (Phi) is 13.0. The van der Waals surface area contributed by atoms with Crippen molar-refractivity contribution in [3.8, 4) is 5.75 Å². The molecule has 0 aromatic heterocycles. The summed E-state index contributed by atoms with van der Waals surface area (Å²) < 4.78 is 0. The number of nitrogens with one attached hydrogen (secondary N) is 3. The van der Waals surface area contributed by atoms with Crippen molar-refractivity contribution < 1.29 is 39.3 Å². The lowest BCUT2D eigenvalue weighted by molar-refractivity contribution is -0.143. The summed E-state index contributed by atoms with van der Waals surface area (Å²) in [5.74, 6) is -5.16. The Morgan fingerprint density at radius 2 is 1.39 bits per heavy atom. The number of carboxylic acid groups (broad SMARTS) is 2. The topological polar surface area (TPSA) is 273 Å². The van der Waals surface area contributed by atoms with E-state index in [-0.39, 0.29) is 43.9 Å². The summed E-state index contributed by atoms with van der Waals surface area (Å²) in [5, 5.41) is 35.2. The molecule has 3 amide bonds. The Bertz CT molecular complexity index is 1010. The maximum absolute atomic E-state index is 13.0. The maximum atomic E-state index is 13.0. The van der Waals surface area contributed by atoms with E-state index in [4.69, 9.17) is 22.3 Å². The number of phenols is 1. The van der Waals surface area contributed by atoms with Crippen molar-refractivity contribution in [2.45, 2.75) is 63.2 Å². The number of carboxylic acids is 2. The molecule has 210 valence electrons. The van der Waals surface area contributed by atoms with E-state index >= 15 is 0 Å². The Labute approximate surface area is 218 Å². The summed E-state index contributed by atoms with van der Waals surface area (Å²) in [6.45, 7) is 1.56. The number of aromatic hydroxyl groups is 1. The molecule has 4 unspecified atom stereocenters. The molecule has 0 aliphatic rings. The predicted molar refractivity (Wildman–Crippen MR) is 136 cm³/mol. The smallest absolute Gasteiger partial charge is 0.326 e. The molecule has 0 aliphatic heterocycles. The van der Waals surface area contributed by atoms with Crippen LogP contribution in [-0.4, -0.2) is 81.7 Å². The molecule has 15 nitrogen and oxygen atoms in total. The van der Waals surface area contributed by atoms with Gasteiger partial charge < -0.3 is 48.5 Å². The number of benzene rings is 1. The molecular weight excluding hydrogens is 502 g/mol. The summed E-state index contributed by atoms with van der Waals surface area (Å²) >= 11 is 0.